The van der Waals surface area contributed by atoms with Crippen molar-refractivity contribution >= 4 is 11.9 Å². The Kier molecular flexibility index (Phi) is 3.68. The normalized spacial score (nSPS) is 10.8. The van der Waals surface area contributed by atoms with Crippen LogP contribution in [0.15, 0.2) is 54.6 Å². The summed E-state index contributed by atoms with van der Waals surface area (Å²) in [5.41, 5.74) is 2.18. The van der Waals surface area contributed by atoms with Crippen LogP contribution in [0.25, 0.3) is 6.08 Å². The van der Waals surface area contributed by atoms with Gasteiger partial charge in [0.2, 0.25) is 0 Å². The van der Waals surface area contributed by atoms with Crippen LogP contribution in [0.3, 0.4) is 0 Å². The molecule has 18 heavy (non-hydrogen) atoms. The van der Waals surface area contributed by atoms with E-state index in [2.05, 4.69) is 0 Å². The molecule has 2 aromatic rings. The summed E-state index contributed by atoms with van der Waals surface area (Å²) >= 11 is 0. The van der Waals surface area contributed by atoms with Gasteiger partial charge in [-0.1, -0.05) is 48.0 Å². The molecule has 0 aliphatic heterocycles. The Hall–Kier alpha value is -2.22. The molecule has 0 bridgehead atoms. The molecule has 0 saturated carbocycles. The Morgan fingerprint density at radius 3 is 2.39 bits per heavy atom. The number of halogens is 1. The second-order valence-electron chi connectivity index (χ2n) is 4.09. The molecule has 2 heteroatoms. The SMILES string of the molecule is Cc1ccc(/C=C/C(=O)c2ccccc2F)cc1. The predicted octanol–water partition coefficient (Wildman–Crippen LogP) is 4.03. The lowest BCUT2D eigenvalue weighted by atomic mass is 10.1. The van der Waals surface area contributed by atoms with E-state index in [1.165, 1.54) is 18.2 Å². The van der Waals surface area contributed by atoms with Crippen molar-refractivity contribution in [2.24, 2.45) is 0 Å². The zero-order valence-corrected chi connectivity index (χ0v) is 10.1. The van der Waals surface area contributed by atoms with Crippen LogP contribution in [0.1, 0.15) is 21.5 Å². The van der Waals surface area contributed by atoms with Crippen LogP contribution in [0.2, 0.25) is 0 Å². The number of hydrogen-bond donors (Lipinski definition) is 0. The second-order valence-corrected chi connectivity index (χ2v) is 4.09. The van der Waals surface area contributed by atoms with Crippen molar-refractivity contribution in [1.82, 2.24) is 0 Å². The van der Waals surface area contributed by atoms with Crippen molar-refractivity contribution in [2.45, 2.75) is 6.92 Å². The van der Waals surface area contributed by atoms with Gasteiger partial charge < -0.3 is 0 Å². The first-order valence-corrected chi connectivity index (χ1v) is 5.70. The average molecular weight is 240 g/mol. The van der Waals surface area contributed by atoms with E-state index in [0.717, 1.165) is 11.1 Å². The van der Waals surface area contributed by atoms with E-state index in [1.807, 2.05) is 31.2 Å². The summed E-state index contributed by atoms with van der Waals surface area (Å²) in [6, 6.07) is 13.7. The number of carbonyl (C=O) groups is 1. The van der Waals surface area contributed by atoms with Crippen molar-refractivity contribution in [3.8, 4) is 0 Å². The quantitative estimate of drug-likeness (QED) is 0.584. The van der Waals surface area contributed by atoms with Crippen molar-refractivity contribution in [2.75, 3.05) is 0 Å². The van der Waals surface area contributed by atoms with Gasteiger partial charge in [-0.05, 0) is 30.7 Å². The first-order valence-electron chi connectivity index (χ1n) is 5.70. The topological polar surface area (TPSA) is 17.1 Å². The van der Waals surface area contributed by atoms with E-state index < -0.39 is 5.82 Å². The molecule has 90 valence electrons. The van der Waals surface area contributed by atoms with Gasteiger partial charge in [0.05, 0.1) is 5.56 Å². The fourth-order valence-corrected chi connectivity index (χ4v) is 1.60. The number of rotatable bonds is 3. The summed E-state index contributed by atoms with van der Waals surface area (Å²) in [6.07, 6.45) is 3.08. The van der Waals surface area contributed by atoms with Gasteiger partial charge in [0.25, 0.3) is 0 Å². The van der Waals surface area contributed by atoms with Gasteiger partial charge in [0.1, 0.15) is 5.82 Å². The molecular weight excluding hydrogens is 227 g/mol. The average Bonchev–Trinajstić information content (AvgIpc) is 2.38. The monoisotopic (exact) mass is 240 g/mol. The molecule has 0 saturated heterocycles. The summed E-state index contributed by atoms with van der Waals surface area (Å²) < 4.78 is 13.4. The molecule has 0 unspecified atom stereocenters. The van der Waals surface area contributed by atoms with Crippen molar-refractivity contribution in [1.29, 1.82) is 0 Å². The maximum absolute atomic E-state index is 13.4. The minimum absolute atomic E-state index is 0.0980. The highest BCUT2D eigenvalue weighted by molar-refractivity contribution is 6.06. The van der Waals surface area contributed by atoms with E-state index in [9.17, 15) is 9.18 Å². The fourth-order valence-electron chi connectivity index (χ4n) is 1.60. The minimum atomic E-state index is -0.490. The maximum Gasteiger partial charge on any atom is 0.188 e. The van der Waals surface area contributed by atoms with E-state index >= 15 is 0 Å². The van der Waals surface area contributed by atoms with Gasteiger partial charge in [0.15, 0.2) is 5.78 Å². The van der Waals surface area contributed by atoms with Crippen LogP contribution in [-0.4, -0.2) is 5.78 Å². The van der Waals surface area contributed by atoms with Crippen LogP contribution in [0.4, 0.5) is 4.39 Å². The molecule has 0 fully saturated rings. The lowest BCUT2D eigenvalue weighted by Gasteiger charge is -1.98. The third-order valence-corrected chi connectivity index (χ3v) is 2.64. The Balaban J connectivity index is 2.17. The number of carbonyl (C=O) groups excluding carboxylic acids is 1. The Bertz CT molecular complexity index is 582. The zero-order valence-electron chi connectivity index (χ0n) is 10.1. The summed E-state index contributed by atoms with van der Waals surface area (Å²) in [4.78, 5) is 11.8. The molecule has 0 heterocycles. The maximum atomic E-state index is 13.4. The van der Waals surface area contributed by atoms with Crippen LogP contribution in [0.5, 0.6) is 0 Å². The Morgan fingerprint density at radius 1 is 1.06 bits per heavy atom. The minimum Gasteiger partial charge on any atom is -0.289 e. The number of hydrogen-bond acceptors (Lipinski definition) is 1. The van der Waals surface area contributed by atoms with Crippen LogP contribution in [-0.2, 0) is 0 Å². The third-order valence-electron chi connectivity index (χ3n) is 2.64. The molecule has 2 aromatic carbocycles. The van der Waals surface area contributed by atoms with Gasteiger partial charge in [-0.3, -0.25) is 4.79 Å². The summed E-state index contributed by atoms with van der Waals surface area (Å²) in [5.74, 6) is -0.815. The molecule has 0 spiro atoms. The third kappa shape index (κ3) is 2.92. The largest absolute Gasteiger partial charge is 0.289 e. The summed E-state index contributed by atoms with van der Waals surface area (Å²) in [6.45, 7) is 2.00. The Morgan fingerprint density at radius 2 is 1.72 bits per heavy atom. The van der Waals surface area contributed by atoms with Crippen LogP contribution >= 0.6 is 0 Å². The van der Waals surface area contributed by atoms with E-state index in [4.69, 9.17) is 0 Å². The number of benzene rings is 2. The highest BCUT2D eigenvalue weighted by Gasteiger charge is 2.06. The van der Waals surface area contributed by atoms with Crippen molar-refractivity contribution in [3.05, 3.63) is 77.1 Å². The van der Waals surface area contributed by atoms with E-state index in [-0.39, 0.29) is 11.3 Å². The first kappa shape index (κ1) is 12.2. The lowest BCUT2D eigenvalue weighted by Crippen LogP contribution is -1.97. The highest BCUT2D eigenvalue weighted by Crippen LogP contribution is 2.10. The summed E-state index contributed by atoms with van der Waals surface area (Å²) in [7, 11) is 0. The molecule has 0 radical (unpaired) electrons. The van der Waals surface area contributed by atoms with Gasteiger partial charge in [-0.15, -0.1) is 0 Å². The molecule has 0 amide bonds. The second kappa shape index (κ2) is 5.41. The molecule has 0 atom stereocenters. The van der Waals surface area contributed by atoms with Crippen molar-refractivity contribution < 1.29 is 9.18 Å². The smallest absolute Gasteiger partial charge is 0.188 e. The van der Waals surface area contributed by atoms with Crippen molar-refractivity contribution in [3.63, 3.8) is 0 Å². The highest BCUT2D eigenvalue weighted by atomic mass is 19.1. The first-order chi connectivity index (χ1) is 8.66. The number of ketones is 1. The fraction of sp³-hybridized carbons (Fsp3) is 0.0625. The van der Waals surface area contributed by atoms with Crippen LogP contribution in [0, 0.1) is 12.7 Å². The van der Waals surface area contributed by atoms with E-state index in [1.54, 1.807) is 18.2 Å². The molecule has 1 nitrogen and oxygen atoms in total. The molecule has 2 rings (SSSR count). The van der Waals surface area contributed by atoms with E-state index in [0.29, 0.717) is 0 Å². The molecule has 0 aromatic heterocycles. The number of aryl methyl sites for hydroxylation is 1. The van der Waals surface area contributed by atoms with Gasteiger partial charge in [-0.2, -0.15) is 0 Å². The predicted molar refractivity (Wildman–Crippen MR) is 70.9 cm³/mol. The van der Waals surface area contributed by atoms with Gasteiger partial charge >= 0.3 is 0 Å². The van der Waals surface area contributed by atoms with Gasteiger partial charge in [-0.25, -0.2) is 4.39 Å². The molecule has 0 aliphatic carbocycles. The van der Waals surface area contributed by atoms with Crippen LogP contribution < -0.4 is 0 Å². The standard InChI is InChI=1S/C16H13FO/c1-12-6-8-13(9-7-12)10-11-16(18)14-4-2-3-5-15(14)17/h2-11H,1H3/b11-10+. The Labute approximate surface area is 106 Å². The molecule has 0 aliphatic rings. The zero-order chi connectivity index (χ0) is 13.0. The molecule has 0 N–H and O–H groups in total. The van der Waals surface area contributed by atoms with Gasteiger partial charge in [0, 0.05) is 0 Å². The lowest BCUT2D eigenvalue weighted by molar-refractivity contribution is 0.104. The number of allylic oxidation sites excluding steroid dienone is 1. The molecular formula is C16H13FO. The summed E-state index contributed by atoms with van der Waals surface area (Å²) in [5, 5.41) is 0.